The Hall–Kier alpha value is 0.410. The van der Waals surface area contributed by atoms with Crippen molar-refractivity contribution in [2.24, 2.45) is 5.92 Å². The molecule has 0 N–H and O–H groups in total. The van der Waals surface area contributed by atoms with Crippen LogP contribution < -0.4 is 0 Å². The average Bonchev–Trinajstić information content (AvgIpc) is 1.85. The summed E-state index contributed by atoms with van der Waals surface area (Å²) in [5, 5.41) is 0. The van der Waals surface area contributed by atoms with Gasteiger partial charge in [-0.15, -0.1) is 0 Å². The van der Waals surface area contributed by atoms with Crippen LogP contribution in [-0.2, 0) is 8.98 Å². The first kappa shape index (κ1) is 6.14. The topological polar surface area (TPSA) is 26.3 Å². The lowest BCUT2D eigenvalue weighted by Gasteiger charge is -2.22. The summed E-state index contributed by atoms with van der Waals surface area (Å²) in [7, 11) is 0.0362. The molecule has 0 saturated heterocycles. The van der Waals surface area contributed by atoms with Gasteiger partial charge in [-0.2, -0.15) is 0 Å². The van der Waals surface area contributed by atoms with Gasteiger partial charge in [-0.25, -0.2) is 0 Å². The van der Waals surface area contributed by atoms with Gasteiger partial charge in [-0.3, -0.25) is 4.79 Å². The van der Waals surface area contributed by atoms with Crippen LogP contribution in [0.15, 0.2) is 0 Å². The van der Waals surface area contributed by atoms with E-state index in [0.29, 0.717) is 31.1 Å². The van der Waals surface area contributed by atoms with Crippen molar-refractivity contribution in [1.29, 1.82) is 1.28 Å². The summed E-state index contributed by atoms with van der Waals surface area (Å²) >= 11 is 1.17. The highest BCUT2D eigenvalue weighted by Crippen LogP contribution is 2.25. The highest BCUT2D eigenvalue weighted by atomic mass is 32.7. The van der Waals surface area contributed by atoms with E-state index in [0.717, 1.165) is 0 Å². The van der Waals surface area contributed by atoms with Crippen LogP contribution in [-0.4, -0.2) is 13.7 Å². The van der Waals surface area contributed by atoms with E-state index in [1.165, 1.54) is 11.7 Å². The van der Waals surface area contributed by atoms with Gasteiger partial charge < -0.3 is 4.18 Å². The van der Waals surface area contributed by atoms with Crippen molar-refractivity contribution in [2.75, 3.05) is 6.61 Å². The fourth-order valence-electron chi connectivity index (χ4n) is 0.832. The molecule has 0 spiro atoms. The van der Waals surface area contributed by atoms with Crippen LogP contribution in [0.4, 0.5) is 0 Å². The number of Topliss-reactive ketones (excluding diaryl/α,β-unsaturated/α-hetero) is 1. The van der Waals surface area contributed by atoms with E-state index >= 15 is 0 Å². The molecule has 1 rings (SSSR count). The maximum atomic E-state index is 10.4. The lowest BCUT2D eigenvalue weighted by atomic mass is 9.85. The van der Waals surface area contributed by atoms with E-state index in [1.807, 2.05) is 0 Å². The summed E-state index contributed by atoms with van der Waals surface area (Å²) in [5.74, 6) is 0.781. The van der Waals surface area contributed by atoms with Gasteiger partial charge in [0.05, 0.1) is 7.89 Å². The second kappa shape index (κ2) is 3.55. The van der Waals surface area contributed by atoms with Gasteiger partial charge in [0.1, 0.15) is 5.78 Å². The number of rotatable bonds is 4. The van der Waals surface area contributed by atoms with Crippen LogP contribution in [0, 0.1) is 5.92 Å². The van der Waals surface area contributed by atoms with Crippen LogP contribution in [0.25, 0.3) is 0 Å². The first-order valence-corrected chi connectivity index (χ1v) is 4.76. The average molecular weight is 166 g/mol. The molecule has 0 aliphatic heterocycles. The first-order valence-electron chi connectivity index (χ1n) is 3.30. The van der Waals surface area contributed by atoms with Crippen molar-refractivity contribution in [3.8, 4) is 0 Å². The third-order valence-electron chi connectivity index (χ3n) is 1.40. The largest absolute Gasteiger partial charge is 0.311 e. The van der Waals surface area contributed by atoms with Crippen LogP contribution in [0.3, 0.4) is 0 Å². The Balaban J connectivity index is 1.90. The lowest BCUT2D eigenvalue weighted by molar-refractivity contribution is -0.127. The molecule has 1 fully saturated rings. The van der Waals surface area contributed by atoms with Gasteiger partial charge in [0, 0.05) is 24.5 Å². The molecule has 0 radical (unpaired) electrons. The minimum Gasteiger partial charge on any atom is -0.311 e. The van der Waals surface area contributed by atoms with Gasteiger partial charge in [0.15, 0.2) is 0 Å². The van der Waals surface area contributed by atoms with Crippen LogP contribution in [0.5, 0.6) is 0 Å². The van der Waals surface area contributed by atoms with Gasteiger partial charge in [-0.1, -0.05) is 0 Å². The van der Waals surface area contributed by atoms with Gasteiger partial charge >= 0.3 is 0 Å². The Labute approximate surface area is 62.2 Å². The van der Waals surface area contributed by atoms with Crippen molar-refractivity contribution >= 4 is 25.8 Å². The van der Waals surface area contributed by atoms with Gasteiger partial charge in [0.2, 0.25) is 0 Å². The van der Waals surface area contributed by atoms with Crippen LogP contribution in [0.1, 0.15) is 12.8 Å². The zero-order valence-corrected chi connectivity index (χ0v) is 6.74. The summed E-state index contributed by atoms with van der Waals surface area (Å²) in [6.45, 7) is 0.641. The van der Waals surface area contributed by atoms with Crippen molar-refractivity contribution in [1.82, 2.24) is 0 Å². The van der Waals surface area contributed by atoms with Gasteiger partial charge in [0.25, 0.3) is 0 Å². The highest BCUT2D eigenvalue weighted by molar-refractivity contribution is 8.40. The minimum atomic E-state index is 0.0362. The van der Waals surface area contributed by atoms with E-state index in [-0.39, 0.29) is 8.39 Å². The van der Waals surface area contributed by atoms with Crippen molar-refractivity contribution in [3.05, 3.63) is 0 Å². The van der Waals surface area contributed by atoms with Gasteiger partial charge in [-0.05, 0) is 14.3 Å². The molecule has 1 unspecified atom stereocenters. The second-order valence-electron chi connectivity index (χ2n) is 2.18. The zero-order valence-electron chi connectivity index (χ0n) is 5.92. The smallest absolute Gasteiger partial charge is 0.133 e. The molecule has 1 atom stereocenters. The summed E-state index contributed by atoms with van der Waals surface area (Å²) in [6.07, 6.45) is 1.36. The summed E-state index contributed by atoms with van der Waals surface area (Å²) < 4.78 is 11.8. The molecule has 1 aliphatic rings. The Morgan fingerprint density at radius 1 is 2.00 bits per heavy atom. The number of hydrogen-bond acceptors (Lipinski definition) is 3. The summed E-state index contributed by atoms with van der Waals surface area (Å²) in [5.41, 5.74) is 0. The maximum absolute atomic E-state index is 10.4. The molecule has 4 heteroatoms. The third-order valence-corrected chi connectivity index (χ3v) is 2.00. The van der Waals surface area contributed by atoms with E-state index < -0.39 is 0 Å². The molecule has 9 heavy (non-hydrogen) atoms. The molecule has 0 aromatic carbocycles. The molecular formula is C5H9O2PS. The molecule has 52 valence electrons. The molecule has 0 heterocycles. The van der Waals surface area contributed by atoms with Crippen molar-refractivity contribution in [3.63, 3.8) is 0 Å². The second-order valence-corrected chi connectivity index (χ2v) is 3.08. The standard InChI is InChI=1S/C5H9O2PS/c6-5-1-4(2-5)3-7-9-8/h4H,1-3,8H2/i8T. The minimum absolute atomic E-state index is 0.0362. The van der Waals surface area contributed by atoms with E-state index in [1.54, 1.807) is 0 Å². The molecule has 0 amide bonds. The normalized spacial score (nSPS) is 22.7. The quantitative estimate of drug-likeness (QED) is 0.359. The Morgan fingerprint density at radius 2 is 2.78 bits per heavy atom. The Morgan fingerprint density at radius 3 is 3.33 bits per heavy atom. The summed E-state index contributed by atoms with van der Waals surface area (Å²) in [4.78, 5) is 10.4. The SMILES string of the molecule is [3H]PSOCC1CC(=O)C1. The molecule has 1 saturated carbocycles. The molecule has 1 aliphatic carbocycles. The first-order chi connectivity index (χ1) is 4.83. The Kier molecular flexibility index (Phi) is 2.42. The van der Waals surface area contributed by atoms with E-state index in [9.17, 15) is 4.79 Å². The Bertz CT molecular complexity index is 125. The molecule has 2 nitrogen and oxygen atoms in total. The number of carbonyl (C=O) groups excluding carboxylic acids is 1. The van der Waals surface area contributed by atoms with E-state index in [2.05, 4.69) is 0 Å². The predicted molar refractivity (Wildman–Crippen MR) is 41.0 cm³/mol. The van der Waals surface area contributed by atoms with Crippen molar-refractivity contribution in [2.45, 2.75) is 12.8 Å². The summed E-state index contributed by atoms with van der Waals surface area (Å²) in [6, 6.07) is 0. The monoisotopic (exact) mass is 166 g/mol. The number of carbonyl (C=O) groups is 1. The highest BCUT2D eigenvalue weighted by Gasteiger charge is 2.26. The molecule has 0 bridgehead atoms. The number of ketones is 1. The van der Waals surface area contributed by atoms with Crippen LogP contribution in [0.2, 0.25) is 0 Å². The van der Waals surface area contributed by atoms with E-state index in [4.69, 9.17) is 5.46 Å². The molecule has 0 aromatic heterocycles. The zero-order chi connectivity index (χ0) is 7.40. The fourth-order valence-corrected chi connectivity index (χ4v) is 1.30. The van der Waals surface area contributed by atoms with Crippen LogP contribution >= 0.6 is 20.0 Å². The molecular weight excluding hydrogens is 155 g/mol. The molecule has 0 aromatic rings. The fraction of sp³-hybridized carbons (Fsp3) is 0.800. The van der Waals surface area contributed by atoms with Crippen molar-refractivity contribution < 1.29 is 8.98 Å². The predicted octanol–water partition coefficient (Wildman–Crippen LogP) is 1.42. The lowest BCUT2D eigenvalue weighted by Crippen LogP contribution is -2.26. The number of hydrogen-bond donors (Lipinski definition) is 0. The maximum Gasteiger partial charge on any atom is 0.133 e. The third kappa shape index (κ3) is 2.24.